The summed E-state index contributed by atoms with van der Waals surface area (Å²) in [4.78, 5) is 15.4. The standard InChI is InChI=1S/C23H25NO5/c1-16-21(24-23(29-16)18-5-3-2-4-6-18)12-14-28-20-9-7-17(8-10-22(26)27)19(15-20)11-13-25/h2-7,9,15,25H,8,10-14H2,1H3,(H,26,27). The van der Waals surface area contributed by atoms with Gasteiger partial charge in [0.1, 0.15) is 11.5 Å². The van der Waals surface area contributed by atoms with Gasteiger partial charge in [0.15, 0.2) is 0 Å². The van der Waals surface area contributed by atoms with Crippen LogP contribution in [0.3, 0.4) is 0 Å². The van der Waals surface area contributed by atoms with Crippen molar-refractivity contribution in [1.29, 1.82) is 0 Å². The Bertz CT molecular complexity index is 949. The average molecular weight is 395 g/mol. The Kier molecular flexibility index (Phi) is 7.03. The van der Waals surface area contributed by atoms with E-state index in [0.717, 1.165) is 28.1 Å². The van der Waals surface area contributed by atoms with Crippen LogP contribution in [0.2, 0.25) is 0 Å². The third-order valence-corrected chi connectivity index (χ3v) is 4.69. The van der Waals surface area contributed by atoms with E-state index in [4.69, 9.17) is 14.3 Å². The van der Waals surface area contributed by atoms with Crippen molar-refractivity contribution in [2.45, 2.75) is 32.6 Å². The molecule has 29 heavy (non-hydrogen) atoms. The number of aliphatic hydroxyl groups is 1. The van der Waals surface area contributed by atoms with Crippen molar-refractivity contribution in [3.05, 3.63) is 71.1 Å². The zero-order chi connectivity index (χ0) is 20.6. The van der Waals surface area contributed by atoms with Crippen LogP contribution in [-0.2, 0) is 24.1 Å². The summed E-state index contributed by atoms with van der Waals surface area (Å²) < 4.78 is 11.6. The quantitative estimate of drug-likeness (QED) is 0.542. The van der Waals surface area contributed by atoms with E-state index in [-0.39, 0.29) is 13.0 Å². The summed E-state index contributed by atoms with van der Waals surface area (Å²) in [5.41, 5.74) is 3.63. The minimum atomic E-state index is -0.835. The highest BCUT2D eigenvalue weighted by Crippen LogP contribution is 2.23. The van der Waals surface area contributed by atoms with Crippen LogP contribution in [0.1, 0.15) is 29.0 Å². The molecule has 6 nitrogen and oxygen atoms in total. The van der Waals surface area contributed by atoms with Crippen molar-refractivity contribution in [2.75, 3.05) is 13.2 Å². The van der Waals surface area contributed by atoms with Crippen LogP contribution in [-0.4, -0.2) is 34.4 Å². The highest BCUT2D eigenvalue weighted by atomic mass is 16.5. The molecule has 0 fully saturated rings. The molecule has 0 bridgehead atoms. The number of nitrogens with zero attached hydrogens (tertiary/aromatic N) is 1. The lowest BCUT2D eigenvalue weighted by Crippen LogP contribution is -2.05. The fourth-order valence-electron chi connectivity index (χ4n) is 3.16. The van der Waals surface area contributed by atoms with Gasteiger partial charge in [0.05, 0.1) is 12.3 Å². The first-order valence-electron chi connectivity index (χ1n) is 9.66. The zero-order valence-electron chi connectivity index (χ0n) is 16.4. The van der Waals surface area contributed by atoms with Gasteiger partial charge >= 0.3 is 5.97 Å². The first-order valence-corrected chi connectivity index (χ1v) is 9.66. The van der Waals surface area contributed by atoms with E-state index in [2.05, 4.69) is 4.98 Å². The number of hydrogen-bond donors (Lipinski definition) is 2. The molecule has 0 atom stereocenters. The molecule has 152 valence electrons. The van der Waals surface area contributed by atoms with Crippen molar-refractivity contribution in [1.82, 2.24) is 4.98 Å². The molecule has 6 heteroatoms. The summed E-state index contributed by atoms with van der Waals surface area (Å²) in [7, 11) is 0. The summed E-state index contributed by atoms with van der Waals surface area (Å²) in [6.45, 7) is 2.34. The number of oxazole rings is 1. The third kappa shape index (κ3) is 5.68. The number of aryl methyl sites for hydroxylation is 2. The molecule has 0 spiro atoms. The van der Waals surface area contributed by atoms with Gasteiger partial charge < -0.3 is 19.4 Å². The minimum absolute atomic E-state index is 0.00389. The Balaban J connectivity index is 1.62. The molecule has 0 unspecified atom stereocenters. The summed E-state index contributed by atoms with van der Waals surface area (Å²) in [6, 6.07) is 15.3. The smallest absolute Gasteiger partial charge is 0.303 e. The second-order valence-electron chi connectivity index (χ2n) is 6.78. The number of rotatable bonds is 10. The van der Waals surface area contributed by atoms with Gasteiger partial charge in [0.25, 0.3) is 0 Å². The predicted octanol–water partition coefficient (Wildman–Crippen LogP) is 3.82. The Morgan fingerprint density at radius 1 is 1.07 bits per heavy atom. The van der Waals surface area contributed by atoms with Crippen molar-refractivity contribution in [3.8, 4) is 17.2 Å². The first-order chi connectivity index (χ1) is 14.1. The van der Waals surface area contributed by atoms with Gasteiger partial charge in [-0.3, -0.25) is 4.79 Å². The highest BCUT2D eigenvalue weighted by molar-refractivity contribution is 5.67. The summed E-state index contributed by atoms with van der Waals surface area (Å²) in [5.74, 6) is 1.23. The molecule has 0 saturated heterocycles. The Hall–Kier alpha value is -3.12. The largest absolute Gasteiger partial charge is 0.493 e. The van der Waals surface area contributed by atoms with E-state index < -0.39 is 5.97 Å². The molecule has 0 saturated carbocycles. The van der Waals surface area contributed by atoms with Crippen LogP contribution >= 0.6 is 0 Å². The fourth-order valence-corrected chi connectivity index (χ4v) is 3.16. The normalized spacial score (nSPS) is 10.8. The lowest BCUT2D eigenvalue weighted by molar-refractivity contribution is -0.136. The van der Waals surface area contributed by atoms with Crippen molar-refractivity contribution >= 4 is 5.97 Å². The van der Waals surface area contributed by atoms with Crippen LogP contribution < -0.4 is 4.74 Å². The van der Waals surface area contributed by atoms with Gasteiger partial charge in [-0.1, -0.05) is 24.3 Å². The van der Waals surface area contributed by atoms with E-state index in [1.165, 1.54) is 0 Å². The summed E-state index contributed by atoms with van der Waals surface area (Å²) in [5, 5.41) is 18.2. The zero-order valence-corrected chi connectivity index (χ0v) is 16.4. The van der Waals surface area contributed by atoms with Crippen LogP contribution in [0.5, 0.6) is 5.75 Å². The lowest BCUT2D eigenvalue weighted by Gasteiger charge is -2.11. The predicted molar refractivity (Wildman–Crippen MR) is 109 cm³/mol. The SMILES string of the molecule is Cc1oc(-c2ccccc2)nc1CCOc1ccc(CCC(=O)O)c(CCO)c1. The molecular formula is C23H25NO5. The maximum atomic E-state index is 10.8. The van der Waals surface area contributed by atoms with E-state index in [1.54, 1.807) is 0 Å². The van der Waals surface area contributed by atoms with Gasteiger partial charge in [0, 0.05) is 25.0 Å². The Labute approximate surface area is 169 Å². The van der Waals surface area contributed by atoms with Gasteiger partial charge in [-0.2, -0.15) is 0 Å². The number of ether oxygens (including phenoxy) is 1. The van der Waals surface area contributed by atoms with Crippen LogP contribution in [0, 0.1) is 6.92 Å². The Morgan fingerprint density at radius 3 is 2.59 bits per heavy atom. The minimum Gasteiger partial charge on any atom is -0.493 e. The van der Waals surface area contributed by atoms with Crippen LogP contribution in [0.25, 0.3) is 11.5 Å². The number of carbonyl (C=O) groups is 1. The van der Waals surface area contributed by atoms with E-state index in [0.29, 0.717) is 37.5 Å². The van der Waals surface area contributed by atoms with Gasteiger partial charge in [-0.05, 0) is 55.2 Å². The lowest BCUT2D eigenvalue weighted by atomic mass is 10.0. The molecule has 1 aromatic heterocycles. The van der Waals surface area contributed by atoms with Gasteiger partial charge in [0.2, 0.25) is 5.89 Å². The second kappa shape index (κ2) is 9.89. The molecule has 0 amide bonds. The fraction of sp³-hybridized carbons (Fsp3) is 0.304. The van der Waals surface area contributed by atoms with Crippen LogP contribution in [0.4, 0.5) is 0 Å². The molecule has 0 aliphatic heterocycles. The Morgan fingerprint density at radius 2 is 1.86 bits per heavy atom. The van der Waals surface area contributed by atoms with Crippen molar-refractivity contribution in [2.24, 2.45) is 0 Å². The molecule has 1 heterocycles. The molecule has 2 aromatic carbocycles. The third-order valence-electron chi connectivity index (χ3n) is 4.69. The number of benzene rings is 2. The number of aliphatic carboxylic acids is 1. The molecule has 0 aliphatic rings. The average Bonchev–Trinajstić information content (AvgIpc) is 3.09. The number of hydrogen-bond acceptors (Lipinski definition) is 5. The van der Waals surface area contributed by atoms with E-state index >= 15 is 0 Å². The van der Waals surface area contributed by atoms with Gasteiger partial charge in [-0.25, -0.2) is 4.98 Å². The van der Waals surface area contributed by atoms with E-state index in [1.807, 2.05) is 55.5 Å². The van der Waals surface area contributed by atoms with Gasteiger partial charge in [-0.15, -0.1) is 0 Å². The highest BCUT2D eigenvalue weighted by Gasteiger charge is 2.12. The van der Waals surface area contributed by atoms with Crippen molar-refractivity contribution in [3.63, 3.8) is 0 Å². The van der Waals surface area contributed by atoms with E-state index in [9.17, 15) is 9.90 Å². The maximum Gasteiger partial charge on any atom is 0.303 e. The molecule has 3 rings (SSSR count). The summed E-state index contributed by atoms with van der Waals surface area (Å²) >= 11 is 0. The number of carboxylic acid groups (broad SMARTS) is 1. The summed E-state index contributed by atoms with van der Waals surface area (Å²) in [6.07, 6.45) is 1.58. The maximum absolute atomic E-state index is 10.8. The number of carboxylic acids is 1. The monoisotopic (exact) mass is 395 g/mol. The van der Waals surface area contributed by atoms with Crippen molar-refractivity contribution < 1.29 is 24.2 Å². The molecular weight excluding hydrogens is 370 g/mol. The molecule has 3 aromatic rings. The first kappa shape index (κ1) is 20.6. The van der Waals surface area contributed by atoms with Crippen LogP contribution in [0.15, 0.2) is 52.9 Å². The number of aromatic nitrogens is 1. The topological polar surface area (TPSA) is 92.8 Å². The molecule has 0 radical (unpaired) electrons. The molecule has 0 aliphatic carbocycles. The number of aliphatic hydroxyl groups excluding tert-OH is 1. The second-order valence-corrected chi connectivity index (χ2v) is 6.78. The molecule has 2 N–H and O–H groups in total.